The van der Waals surface area contributed by atoms with Gasteiger partial charge in [0.25, 0.3) is 0 Å². The minimum atomic E-state index is 0. The van der Waals surface area contributed by atoms with Gasteiger partial charge in [-0.1, -0.05) is 0 Å². The Morgan fingerprint density at radius 3 is 1.00 bits per heavy atom. The minimum Gasteiger partial charge on any atom is 0 e. The molecule has 0 aliphatic rings. The number of hydrogen-bond donors (Lipinski definition) is 0. The summed E-state index contributed by atoms with van der Waals surface area (Å²) in [5, 5.41) is 0. The van der Waals surface area contributed by atoms with Crippen molar-refractivity contribution in [2.75, 3.05) is 0 Å². The molecule has 0 atom stereocenters. The second-order valence-electron chi connectivity index (χ2n) is 0. The van der Waals surface area contributed by atoms with Crippen molar-refractivity contribution in [1.29, 1.82) is 0 Å². The van der Waals surface area contributed by atoms with Gasteiger partial charge in [-0.05, 0) is 0 Å². The van der Waals surface area contributed by atoms with Gasteiger partial charge in [-0.2, -0.15) is 0 Å². The van der Waals surface area contributed by atoms with Gasteiger partial charge in [-0.3, -0.25) is 0 Å². The predicted molar refractivity (Wildman–Crippen MR) is 9.94 cm³/mol. The largest absolute Gasteiger partial charge is 0.0814 e. The van der Waals surface area contributed by atoms with Gasteiger partial charge < -0.3 is 0 Å². The second kappa shape index (κ2) is 23.6. The molecule has 0 fully saturated rings. The normalized spacial score (nSPS) is 0. The Morgan fingerprint density at radius 2 is 1.00 bits per heavy atom. The summed E-state index contributed by atoms with van der Waals surface area (Å²) in [6, 6.07) is 0. The van der Waals surface area contributed by atoms with E-state index in [1.54, 1.807) is 0 Å². The third-order valence-electron chi connectivity index (χ3n) is 0. The van der Waals surface area contributed by atoms with Gasteiger partial charge in [-0.15, -0.1) is 0 Å². The molecule has 0 aliphatic heterocycles. The van der Waals surface area contributed by atoms with Crippen molar-refractivity contribution in [3.8, 4) is 0 Å². The van der Waals surface area contributed by atoms with Crippen LogP contribution in [0.15, 0.2) is 0 Å². The standard InChI is InChI=1S/BH3.Fe.La.Nd.Pr/h1H3;;;;. The SMILES string of the molecule is B.[Fe].[La].[Nd].[Pr]. The predicted octanol–water partition coefficient (Wildman–Crippen LogP) is -1.19. The molecule has 0 aromatic carbocycles. The number of hydrogen-bond acceptors (Lipinski definition) is 0. The van der Waals surface area contributed by atoms with Crippen LogP contribution in [0.2, 0.25) is 0 Å². The van der Waals surface area contributed by atoms with E-state index in [0.717, 1.165) is 0 Å². The van der Waals surface area contributed by atoms with Crippen LogP contribution in [0.5, 0.6) is 0 Å². The van der Waals surface area contributed by atoms with Gasteiger partial charge in [0.15, 0.2) is 0 Å². The maximum absolute atomic E-state index is 0. The molecule has 0 N–H and O–H groups in total. The quantitative estimate of drug-likeness (QED) is 0.373. The molecule has 5 heteroatoms. The van der Waals surface area contributed by atoms with Crippen molar-refractivity contribution in [3.63, 3.8) is 0 Å². The van der Waals surface area contributed by atoms with Gasteiger partial charge in [0.1, 0.15) is 0 Å². The molecule has 0 heterocycles. The van der Waals surface area contributed by atoms with E-state index in [0.29, 0.717) is 0 Å². The molecule has 0 aromatic heterocycles. The molecule has 0 amide bonds. The van der Waals surface area contributed by atoms with Gasteiger partial charge in [0, 0.05) is 135 Å². The monoisotopic (exact) mass is 492 g/mol. The molecule has 0 unspecified atom stereocenters. The first-order chi connectivity index (χ1) is 0. The molecule has 0 bridgehead atoms. The van der Waals surface area contributed by atoms with Crippen molar-refractivity contribution < 1.29 is 135 Å². The summed E-state index contributed by atoms with van der Waals surface area (Å²) in [5.41, 5.74) is 0. The zero-order valence-electron chi connectivity index (χ0n) is 2.01. The summed E-state index contributed by atoms with van der Waals surface area (Å²) < 4.78 is 0. The Hall–Kier alpha value is 4.49. The van der Waals surface area contributed by atoms with E-state index in [-0.39, 0.29) is 143 Å². The summed E-state index contributed by atoms with van der Waals surface area (Å²) in [6.45, 7) is 0. The number of rotatable bonds is 0. The van der Waals surface area contributed by atoms with Crippen molar-refractivity contribution >= 4 is 8.41 Å². The van der Waals surface area contributed by atoms with Crippen LogP contribution in [0.3, 0.4) is 0 Å². The Balaban J connectivity index is 0. The maximum atomic E-state index is 0. The van der Waals surface area contributed by atoms with Crippen LogP contribution in [0, 0.1) is 118 Å². The van der Waals surface area contributed by atoms with Gasteiger partial charge in [0.2, 0.25) is 0 Å². The van der Waals surface area contributed by atoms with Crippen LogP contribution in [-0.4, -0.2) is 8.41 Å². The van der Waals surface area contributed by atoms with E-state index in [2.05, 4.69) is 0 Å². The molecule has 2 radical (unpaired) electrons. The first kappa shape index (κ1) is 33.9. The average Bonchev–Trinajstić information content (AvgIpc) is 0. The summed E-state index contributed by atoms with van der Waals surface area (Å²) >= 11 is 0. The van der Waals surface area contributed by atoms with Gasteiger partial charge in [-0.25, -0.2) is 0 Å². The zero-order chi connectivity index (χ0) is 0. The van der Waals surface area contributed by atoms with Crippen molar-refractivity contribution in [3.05, 3.63) is 0 Å². The third-order valence-corrected chi connectivity index (χ3v) is 0. The molecule has 0 spiro atoms. The molecular weight excluding hydrogens is 491 g/mol. The first-order valence-electron chi connectivity index (χ1n) is 0. The van der Waals surface area contributed by atoms with Crippen LogP contribution >= 0.6 is 0 Å². The van der Waals surface area contributed by atoms with Crippen LogP contribution in [-0.2, 0) is 17.1 Å². The van der Waals surface area contributed by atoms with Crippen LogP contribution in [0.4, 0.5) is 0 Å². The Bertz CT molecular complexity index is 11.6. The molecule has 24 valence electrons. The van der Waals surface area contributed by atoms with E-state index in [1.807, 2.05) is 0 Å². The second-order valence-corrected chi connectivity index (χ2v) is 0. The zero-order valence-corrected chi connectivity index (χ0v) is 13.7. The first-order valence-corrected chi connectivity index (χ1v) is 0. The summed E-state index contributed by atoms with van der Waals surface area (Å²) in [4.78, 5) is 0. The fourth-order valence-electron chi connectivity index (χ4n) is 0. The van der Waals surface area contributed by atoms with E-state index in [4.69, 9.17) is 0 Å². The smallest absolute Gasteiger partial charge is 0 e. The fourth-order valence-corrected chi connectivity index (χ4v) is 0. The maximum Gasteiger partial charge on any atom is 0.0814 e. The molecule has 0 aliphatic carbocycles. The molecular formula is H3BFeLaNdPr. The van der Waals surface area contributed by atoms with Crippen molar-refractivity contribution in [2.45, 2.75) is 0 Å². The van der Waals surface area contributed by atoms with Crippen molar-refractivity contribution in [1.82, 2.24) is 0 Å². The van der Waals surface area contributed by atoms with Crippen molar-refractivity contribution in [2.24, 2.45) is 0 Å². The van der Waals surface area contributed by atoms with Crippen LogP contribution in [0.25, 0.3) is 0 Å². The summed E-state index contributed by atoms with van der Waals surface area (Å²) in [5.74, 6) is 0. The van der Waals surface area contributed by atoms with E-state index < -0.39 is 0 Å². The Kier molecular flexibility index (Phi) is 160. The van der Waals surface area contributed by atoms with Crippen LogP contribution < -0.4 is 0 Å². The summed E-state index contributed by atoms with van der Waals surface area (Å²) in [6.07, 6.45) is 0. The minimum absolute atomic E-state index is 0. The molecule has 0 saturated heterocycles. The molecule has 5 heavy (non-hydrogen) atoms. The fraction of sp³-hybridized carbons (Fsp3) is 0. The third kappa shape index (κ3) is 17.7. The van der Waals surface area contributed by atoms with E-state index in [9.17, 15) is 0 Å². The average molecular weight is 494 g/mol. The van der Waals surface area contributed by atoms with Crippen LogP contribution in [0.1, 0.15) is 0 Å². The Labute approximate surface area is 139 Å². The van der Waals surface area contributed by atoms with Gasteiger partial charge >= 0.3 is 0 Å². The summed E-state index contributed by atoms with van der Waals surface area (Å²) in [7, 11) is 0. The van der Waals surface area contributed by atoms with E-state index >= 15 is 0 Å². The molecule has 0 saturated carbocycles. The van der Waals surface area contributed by atoms with E-state index in [1.165, 1.54) is 0 Å². The molecule has 0 rings (SSSR count). The van der Waals surface area contributed by atoms with Gasteiger partial charge in [0.05, 0.1) is 8.41 Å². The molecule has 0 nitrogen and oxygen atoms in total. The topological polar surface area (TPSA) is 0 Å². The Morgan fingerprint density at radius 1 is 1.00 bits per heavy atom. The molecule has 0 aromatic rings.